The van der Waals surface area contributed by atoms with Gasteiger partial charge in [-0.25, -0.2) is 0 Å². The van der Waals surface area contributed by atoms with E-state index in [4.69, 9.17) is 0 Å². The first kappa shape index (κ1) is 20.5. The first-order chi connectivity index (χ1) is 14.5. The molecule has 160 valence electrons. The second kappa shape index (κ2) is 8.53. The Balaban J connectivity index is 1.43. The molecule has 3 aliphatic rings. The van der Waals surface area contributed by atoms with E-state index in [2.05, 4.69) is 15.5 Å². The van der Waals surface area contributed by atoms with Gasteiger partial charge in [-0.3, -0.25) is 29.4 Å². The summed E-state index contributed by atoms with van der Waals surface area (Å²) in [5.74, 6) is -0.711. The average Bonchev–Trinajstić information content (AvgIpc) is 3.06. The molecule has 0 spiro atoms. The van der Waals surface area contributed by atoms with Crippen LogP contribution in [-0.2, 0) is 27.5 Å². The lowest BCUT2D eigenvalue weighted by molar-refractivity contribution is -0.137. The van der Waals surface area contributed by atoms with Crippen molar-refractivity contribution < 1.29 is 19.2 Å². The number of rotatable bonds is 5. The Morgan fingerprint density at radius 2 is 1.93 bits per heavy atom. The van der Waals surface area contributed by atoms with Gasteiger partial charge < -0.3 is 15.1 Å². The minimum atomic E-state index is -0.600. The molecule has 0 bridgehead atoms. The molecule has 3 aliphatic heterocycles. The summed E-state index contributed by atoms with van der Waals surface area (Å²) in [6, 6.07) is 5.12. The van der Waals surface area contributed by atoms with Crippen LogP contribution in [0.25, 0.3) is 0 Å². The molecule has 9 nitrogen and oxygen atoms in total. The quantitative estimate of drug-likeness (QED) is 0.620. The van der Waals surface area contributed by atoms with Gasteiger partial charge in [0.1, 0.15) is 6.04 Å². The standard InChI is InChI=1S/C21H27N5O4/c1-22-11-19(28)25-9-7-24(8-10-25)12-14-3-2-4-15-16(14)13-26(21(15)30)17-5-6-18(27)23-20(17)29/h2-4,17,22H,5-13H2,1H3,(H,23,27,29). The van der Waals surface area contributed by atoms with Crippen molar-refractivity contribution in [3.63, 3.8) is 0 Å². The van der Waals surface area contributed by atoms with E-state index in [0.29, 0.717) is 44.7 Å². The summed E-state index contributed by atoms with van der Waals surface area (Å²) in [7, 11) is 1.77. The fraction of sp³-hybridized carbons (Fsp3) is 0.524. The van der Waals surface area contributed by atoms with Crippen molar-refractivity contribution in [1.82, 2.24) is 25.3 Å². The lowest BCUT2D eigenvalue weighted by Crippen LogP contribution is -2.52. The molecule has 4 amide bonds. The van der Waals surface area contributed by atoms with E-state index in [0.717, 1.165) is 24.2 Å². The van der Waals surface area contributed by atoms with Gasteiger partial charge in [-0.15, -0.1) is 0 Å². The minimum absolute atomic E-state index is 0.114. The van der Waals surface area contributed by atoms with E-state index in [1.807, 2.05) is 17.0 Å². The molecule has 3 heterocycles. The summed E-state index contributed by atoms with van der Waals surface area (Å²) in [4.78, 5) is 54.4. The van der Waals surface area contributed by atoms with Gasteiger partial charge in [0.25, 0.3) is 5.91 Å². The number of imide groups is 1. The highest BCUT2D eigenvalue weighted by Crippen LogP contribution is 2.30. The molecule has 1 aromatic rings. The Hall–Kier alpha value is -2.78. The summed E-state index contributed by atoms with van der Waals surface area (Å²) in [5, 5.41) is 5.24. The number of likely N-dealkylation sites (N-methyl/N-ethyl adjacent to an activating group) is 1. The molecule has 30 heavy (non-hydrogen) atoms. The molecule has 2 N–H and O–H groups in total. The number of nitrogens with zero attached hydrogens (tertiary/aromatic N) is 3. The molecule has 0 saturated carbocycles. The number of piperazine rings is 1. The molecule has 2 saturated heterocycles. The van der Waals surface area contributed by atoms with Gasteiger partial charge in [0.15, 0.2) is 0 Å². The molecular weight excluding hydrogens is 386 g/mol. The van der Waals surface area contributed by atoms with Crippen LogP contribution >= 0.6 is 0 Å². The van der Waals surface area contributed by atoms with E-state index < -0.39 is 11.9 Å². The molecule has 0 radical (unpaired) electrons. The Labute approximate surface area is 175 Å². The molecule has 0 aliphatic carbocycles. The van der Waals surface area contributed by atoms with Gasteiger partial charge in [-0.1, -0.05) is 12.1 Å². The number of hydrogen-bond acceptors (Lipinski definition) is 6. The zero-order chi connectivity index (χ0) is 21.3. The number of hydrogen-bond donors (Lipinski definition) is 2. The van der Waals surface area contributed by atoms with E-state index in [9.17, 15) is 19.2 Å². The predicted octanol–water partition coefficient (Wildman–Crippen LogP) is -0.689. The number of carbonyl (C=O) groups is 4. The van der Waals surface area contributed by atoms with Crippen LogP contribution < -0.4 is 10.6 Å². The van der Waals surface area contributed by atoms with Crippen LogP contribution in [0.2, 0.25) is 0 Å². The maximum atomic E-state index is 12.9. The summed E-state index contributed by atoms with van der Waals surface area (Å²) in [6.07, 6.45) is 0.613. The summed E-state index contributed by atoms with van der Waals surface area (Å²) in [5.41, 5.74) is 2.67. The number of amides is 4. The normalized spacial score (nSPS) is 22.3. The molecule has 9 heteroatoms. The fourth-order valence-electron chi connectivity index (χ4n) is 4.46. The fourth-order valence-corrected chi connectivity index (χ4v) is 4.46. The maximum Gasteiger partial charge on any atom is 0.255 e. The lowest BCUT2D eigenvalue weighted by Gasteiger charge is -2.35. The Morgan fingerprint density at radius 3 is 2.63 bits per heavy atom. The number of carbonyl (C=O) groups excluding carboxylic acids is 4. The van der Waals surface area contributed by atoms with Gasteiger partial charge in [0, 0.05) is 51.3 Å². The van der Waals surface area contributed by atoms with E-state index in [1.165, 1.54) is 0 Å². The van der Waals surface area contributed by atoms with E-state index in [-0.39, 0.29) is 24.1 Å². The number of nitrogens with one attached hydrogen (secondary N) is 2. The number of benzene rings is 1. The highest BCUT2D eigenvalue weighted by atomic mass is 16.2. The lowest BCUT2D eigenvalue weighted by atomic mass is 10.0. The van der Waals surface area contributed by atoms with E-state index >= 15 is 0 Å². The smallest absolute Gasteiger partial charge is 0.255 e. The molecule has 4 rings (SSSR count). The third-order valence-corrected chi connectivity index (χ3v) is 6.13. The van der Waals surface area contributed by atoms with Gasteiger partial charge in [0.05, 0.1) is 6.54 Å². The van der Waals surface area contributed by atoms with Gasteiger partial charge in [0.2, 0.25) is 17.7 Å². The molecule has 1 aromatic carbocycles. The zero-order valence-electron chi connectivity index (χ0n) is 17.1. The van der Waals surface area contributed by atoms with Crippen molar-refractivity contribution in [2.45, 2.75) is 32.0 Å². The van der Waals surface area contributed by atoms with Crippen LogP contribution in [0.15, 0.2) is 18.2 Å². The third-order valence-electron chi connectivity index (χ3n) is 6.13. The summed E-state index contributed by atoms with van der Waals surface area (Å²) < 4.78 is 0. The predicted molar refractivity (Wildman–Crippen MR) is 108 cm³/mol. The van der Waals surface area contributed by atoms with Gasteiger partial charge in [-0.2, -0.15) is 0 Å². The van der Waals surface area contributed by atoms with E-state index in [1.54, 1.807) is 18.0 Å². The van der Waals surface area contributed by atoms with Crippen LogP contribution in [0.1, 0.15) is 34.3 Å². The highest BCUT2D eigenvalue weighted by molar-refractivity contribution is 6.05. The van der Waals surface area contributed by atoms with Crippen LogP contribution in [0, 0.1) is 0 Å². The molecule has 1 atom stereocenters. The molecule has 2 fully saturated rings. The van der Waals surface area contributed by atoms with Crippen LogP contribution in [0.4, 0.5) is 0 Å². The first-order valence-electron chi connectivity index (χ1n) is 10.4. The second-order valence-electron chi connectivity index (χ2n) is 8.03. The molecular formula is C21H27N5O4. The Bertz CT molecular complexity index is 878. The maximum absolute atomic E-state index is 12.9. The highest BCUT2D eigenvalue weighted by Gasteiger charge is 2.39. The Kier molecular flexibility index (Phi) is 5.83. The Morgan fingerprint density at radius 1 is 1.17 bits per heavy atom. The summed E-state index contributed by atoms with van der Waals surface area (Å²) in [6.45, 7) is 4.39. The monoisotopic (exact) mass is 413 g/mol. The summed E-state index contributed by atoms with van der Waals surface area (Å²) >= 11 is 0. The number of piperidine rings is 1. The molecule has 1 unspecified atom stereocenters. The second-order valence-corrected chi connectivity index (χ2v) is 8.03. The van der Waals surface area contributed by atoms with Crippen LogP contribution in [0.3, 0.4) is 0 Å². The van der Waals surface area contributed by atoms with Gasteiger partial charge in [-0.05, 0) is 30.7 Å². The largest absolute Gasteiger partial charge is 0.339 e. The topological polar surface area (TPSA) is 102 Å². The SMILES string of the molecule is CNCC(=O)N1CCN(Cc2cccc3c2CN(C2CCC(=O)NC2=O)C3=O)CC1. The third kappa shape index (κ3) is 3.95. The minimum Gasteiger partial charge on any atom is -0.339 e. The van der Waals surface area contributed by atoms with Crippen molar-refractivity contribution in [2.75, 3.05) is 39.8 Å². The van der Waals surface area contributed by atoms with Crippen molar-refractivity contribution >= 4 is 23.6 Å². The average molecular weight is 413 g/mol. The van der Waals surface area contributed by atoms with Crippen LogP contribution in [0.5, 0.6) is 0 Å². The van der Waals surface area contributed by atoms with Crippen molar-refractivity contribution in [3.8, 4) is 0 Å². The van der Waals surface area contributed by atoms with Gasteiger partial charge >= 0.3 is 0 Å². The van der Waals surface area contributed by atoms with Crippen LogP contribution in [-0.4, -0.2) is 84.1 Å². The molecule has 0 aromatic heterocycles. The van der Waals surface area contributed by atoms with Crippen molar-refractivity contribution in [2.24, 2.45) is 0 Å². The zero-order valence-corrected chi connectivity index (χ0v) is 17.1. The number of fused-ring (bicyclic) bond motifs is 1. The first-order valence-corrected chi connectivity index (χ1v) is 10.4. The van der Waals surface area contributed by atoms with Crippen molar-refractivity contribution in [3.05, 3.63) is 34.9 Å². The van der Waals surface area contributed by atoms with Crippen molar-refractivity contribution in [1.29, 1.82) is 0 Å².